The second-order valence-corrected chi connectivity index (χ2v) is 5.14. The molecule has 2 heteroatoms. The molecule has 1 N–H and O–H groups in total. The van der Waals surface area contributed by atoms with Crippen molar-refractivity contribution in [2.45, 2.75) is 25.8 Å². The maximum atomic E-state index is 5.17. The molecule has 20 heavy (non-hydrogen) atoms. The summed E-state index contributed by atoms with van der Waals surface area (Å²) < 4.78 is 5.17. The van der Waals surface area contributed by atoms with Gasteiger partial charge in [-0.3, -0.25) is 0 Å². The Morgan fingerprint density at radius 1 is 0.950 bits per heavy atom. The van der Waals surface area contributed by atoms with Gasteiger partial charge in [-0.05, 0) is 49.6 Å². The Balaban J connectivity index is 1.73. The van der Waals surface area contributed by atoms with Crippen LogP contribution in [0, 0.1) is 0 Å². The van der Waals surface area contributed by atoms with E-state index in [1.165, 1.54) is 11.1 Å². The van der Waals surface area contributed by atoms with Gasteiger partial charge >= 0.3 is 0 Å². The van der Waals surface area contributed by atoms with E-state index in [1.807, 2.05) is 12.1 Å². The number of rotatable bonds is 7. The van der Waals surface area contributed by atoms with Crippen LogP contribution in [0.3, 0.4) is 0 Å². The summed E-state index contributed by atoms with van der Waals surface area (Å²) in [5.74, 6) is 0.915. The zero-order chi connectivity index (χ0) is 14.2. The third-order valence-corrected chi connectivity index (χ3v) is 3.45. The average Bonchev–Trinajstić information content (AvgIpc) is 2.49. The molecule has 0 aliphatic rings. The first-order valence-corrected chi connectivity index (χ1v) is 7.18. The minimum atomic E-state index is 0.479. The quantitative estimate of drug-likeness (QED) is 0.831. The highest BCUT2D eigenvalue weighted by Gasteiger charge is 2.03. The van der Waals surface area contributed by atoms with Crippen LogP contribution >= 0.6 is 0 Å². The summed E-state index contributed by atoms with van der Waals surface area (Å²) in [7, 11) is 1.70. The first kappa shape index (κ1) is 14.6. The van der Waals surface area contributed by atoms with Crippen molar-refractivity contribution in [3.63, 3.8) is 0 Å². The molecule has 0 spiro atoms. The van der Waals surface area contributed by atoms with Crippen molar-refractivity contribution in [1.29, 1.82) is 0 Å². The molecule has 0 saturated carbocycles. The fourth-order valence-electron chi connectivity index (χ4n) is 2.29. The molecule has 2 aromatic rings. The number of methoxy groups -OCH3 is 1. The van der Waals surface area contributed by atoms with Crippen LogP contribution in [0.25, 0.3) is 0 Å². The lowest BCUT2D eigenvalue weighted by Crippen LogP contribution is -2.29. The van der Waals surface area contributed by atoms with Crippen molar-refractivity contribution >= 4 is 0 Å². The van der Waals surface area contributed by atoms with Gasteiger partial charge in [0.2, 0.25) is 0 Å². The van der Waals surface area contributed by atoms with E-state index in [1.54, 1.807) is 7.11 Å². The van der Waals surface area contributed by atoms with E-state index in [0.717, 1.165) is 25.1 Å². The van der Waals surface area contributed by atoms with Gasteiger partial charge in [0.05, 0.1) is 7.11 Å². The Morgan fingerprint density at radius 3 is 2.30 bits per heavy atom. The molecular weight excluding hydrogens is 246 g/mol. The molecule has 0 aromatic heterocycles. The van der Waals surface area contributed by atoms with Crippen LogP contribution < -0.4 is 10.1 Å². The lowest BCUT2D eigenvalue weighted by Gasteiger charge is -2.14. The van der Waals surface area contributed by atoms with Gasteiger partial charge in [-0.25, -0.2) is 0 Å². The molecule has 1 unspecified atom stereocenters. The topological polar surface area (TPSA) is 21.3 Å². The highest BCUT2D eigenvalue weighted by atomic mass is 16.5. The first-order valence-electron chi connectivity index (χ1n) is 7.18. The maximum Gasteiger partial charge on any atom is 0.118 e. The summed E-state index contributed by atoms with van der Waals surface area (Å²) in [6.45, 7) is 3.25. The predicted molar refractivity (Wildman–Crippen MR) is 84.3 cm³/mol. The molecule has 0 saturated heterocycles. The zero-order valence-corrected chi connectivity index (χ0v) is 12.3. The molecule has 0 radical (unpaired) electrons. The van der Waals surface area contributed by atoms with Gasteiger partial charge in [0.15, 0.2) is 0 Å². The molecule has 0 aliphatic carbocycles. The van der Waals surface area contributed by atoms with Crippen LogP contribution in [0.1, 0.15) is 18.1 Å². The van der Waals surface area contributed by atoms with Crippen LogP contribution in [0.4, 0.5) is 0 Å². The van der Waals surface area contributed by atoms with Crippen LogP contribution in [0.15, 0.2) is 54.6 Å². The molecule has 106 valence electrons. The van der Waals surface area contributed by atoms with Gasteiger partial charge in [0.1, 0.15) is 5.75 Å². The number of hydrogen-bond acceptors (Lipinski definition) is 2. The highest BCUT2D eigenvalue weighted by molar-refractivity contribution is 5.27. The maximum absolute atomic E-state index is 5.17. The van der Waals surface area contributed by atoms with Crippen molar-refractivity contribution in [3.8, 4) is 5.75 Å². The molecule has 0 bridgehead atoms. The molecule has 2 aromatic carbocycles. The largest absolute Gasteiger partial charge is 0.497 e. The van der Waals surface area contributed by atoms with Gasteiger partial charge in [-0.1, -0.05) is 42.5 Å². The van der Waals surface area contributed by atoms with E-state index in [9.17, 15) is 0 Å². The summed E-state index contributed by atoms with van der Waals surface area (Å²) in [5.41, 5.74) is 2.72. The third-order valence-electron chi connectivity index (χ3n) is 3.45. The Labute approximate surface area is 121 Å². The van der Waals surface area contributed by atoms with Gasteiger partial charge in [-0.2, -0.15) is 0 Å². The Bertz CT molecular complexity index is 493. The van der Waals surface area contributed by atoms with E-state index in [-0.39, 0.29) is 0 Å². The van der Waals surface area contributed by atoms with E-state index in [0.29, 0.717) is 6.04 Å². The summed E-state index contributed by atoms with van der Waals surface area (Å²) in [5, 5.41) is 3.58. The van der Waals surface area contributed by atoms with Gasteiger partial charge in [0, 0.05) is 6.04 Å². The predicted octanol–water partition coefficient (Wildman–Crippen LogP) is 3.46. The van der Waals surface area contributed by atoms with E-state index in [4.69, 9.17) is 4.74 Å². The Kier molecular flexibility index (Phi) is 5.63. The summed E-state index contributed by atoms with van der Waals surface area (Å²) in [6.07, 6.45) is 2.12. The van der Waals surface area contributed by atoms with E-state index < -0.39 is 0 Å². The summed E-state index contributed by atoms with van der Waals surface area (Å²) in [4.78, 5) is 0. The molecule has 1 atom stereocenters. The minimum absolute atomic E-state index is 0.479. The Morgan fingerprint density at radius 2 is 1.65 bits per heavy atom. The second-order valence-electron chi connectivity index (χ2n) is 5.14. The molecule has 0 aliphatic heterocycles. The molecule has 2 nitrogen and oxygen atoms in total. The number of ether oxygens (including phenoxy) is 1. The van der Waals surface area contributed by atoms with Crippen LogP contribution in [0.2, 0.25) is 0 Å². The number of hydrogen-bond donors (Lipinski definition) is 1. The fraction of sp³-hybridized carbons (Fsp3) is 0.333. The van der Waals surface area contributed by atoms with Crippen molar-refractivity contribution in [2.24, 2.45) is 0 Å². The fourth-order valence-corrected chi connectivity index (χ4v) is 2.29. The number of nitrogens with one attached hydrogen (secondary N) is 1. The molecule has 2 rings (SSSR count). The second kappa shape index (κ2) is 7.71. The van der Waals surface area contributed by atoms with Crippen molar-refractivity contribution in [3.05, 3.63) is 65.7 Å². The molecular formula is C18H23NO. The van der Waals surface area contributed by atoms with Crippen LogP contribution in [-0.4, -0.2) is 19.7 Å². The SMILES string of the molecule is COc1ccc(CC(C)NCCc2ccccc2)cc1. The van der Waals surface area contributed by atoms with Gasteiger partial charge in [0.25, 0.3) is 0 Å². The lowest BCUT2D eigenvalue weighted by molar-refractivity contribution is 0.414. The highest BCUT2D eigenvalue weighted by Crippen LogP contribution is 2.12. The minimum Gasteiger partial charge on any atom is -0.497 e. The molecule has 0 heterocycles. The lowest BCUT2D eigenvalue weighted by atomic mass is 10.1. The standard InChI is InChI=1S/C18H23NO/c1-15(14-17-8-10-18(20-2)11-9-17)19-13-12-16-6-4-3-5-7-16/h3-11,15,19H,12-14H2,1-2H3. The van der Waals surface area contributed by atoms with E-state index in [2.05, 4.69) is 54.7 Å². The monoisotopic (exact) mass is 269 g/mol. The molecule has 0 fully saturated rings. The summed E-state index contributed by atoms with van der Waals surface area (Å²) in [6, 6.07) is 19.4. The van der Waals surface area contributed by atoms with Crippen LogP contribution in [-0.2, 0) is 12.8 Å². The van der Waals surface area contributed by atoms with Gasteiger partial charge in [-0.15, -0.1) is 0 Å². The average molecular weight is 269 g/mol. The third kappa shape index (κ3) is 4.71. The van der Waals surface area contributed by atoms with Gasteiger partial charge < -0.3 is 10.1 Å². The van der Waals surface area contributed by atoms with Crippen molar-refractivity contribution in [2.75, 3.05) is 13.7 Å². The number of benzene rings is 2. The first-order chi connectivity index (χ1) is 9.78. The normalized spacial score (nSPS) is 12.1. The van der Waals surface area contributed by atoms with E-state index >= 15 is 0 Å². The summed E-state index contributed by atoms with van der Waals surface area (Å²) >= 11 is 0. The smallest absolute Gasteiger partial charge is 0.118 e. The van der Waals surface area contributed by atoms with Crippen molar-refractivity contribution < 1.29 is 4.74 Å². The van der Waals surface area contributed by atoms with Crippen molar-refractivity contribution in [1.82, 2.24) is 5.32 Å². The molecule has 0 amide bonds. The van der Waals surface area contributed by atoms with Crippen LogP contribution in [0.5, 0.6) is 5.75 Å². The Hall–Kier alpha value is -1.80. The zero-order valence-electron chi connectivity index (χ0n) is 12.3.